The summed E-state index contributed by atoms with van der Waals surface area (Å²) in [7, 11) is -2.27. The normalized spacial score (nSPS) is 15.8. The van der Waals surface area contributed by atoms with Crippen LogP contribution in [0.15, 0.2) is 0 Å². The zero-order valence-electron chi connectivity index (χ0n) is 10.6. The maximum atomic E-state index is 11.8. The third-order valence-electron chi connectivity index (χ3n) is 2.24. The van der Waals surface area contributed by atoms with E-state index in [9.17, 15) is 13.2 Å². The third-order valence-corrected chi connectivity index (χ3v) is 4.05. The van der Waals surface area contributed by atoms with Crippen molar-refractivity contribution >= 4 is 16.0 Å². The largest absolute Gasteiger partial charge is 0.480 e. The first-order valence-electron chi connectivity index (χ1n) is 5.43. The fourth-order valence-corrected chi connectivity index (χ4v) is 2.45. The number of nitrogens with one attached hydrogen (secondary N) is 1. The smallest absolute Gasteiger partial charge is 0.321 e. The zero-order chi connectivity index (χ0) is 13.6. The molecule has 17 heavy (non-hydrogen) atoms. The van der Waals surface area contributed by atoms with E-state index in [1.54, 1.807) is 0 Å². The Kier molecular flexibility index (Phi) is 6.66. The quantitative estimate of drug-likeness (QED) is 0.665. The highest BCUT2D eigenvalue weighted by Gasteiger charge is 2.28. The predicted molar refractivity (Wildman–Crippen MR) is 64.3 cm³/mol. The second kappa shape index (κ2) is 6.93. The second-order valence-electron chi connectivity index (χ2n) is 4.45. The lowest BCUT2D eigenvalue weighted by molar-refractivity contribution is -0.139. The molecule has 0 radical (unpaired) electrons. The highest BCUT2D eigenvalue weighted by molar-refractivity contribution is 7.90. The van der Waals surface area contributed by atoms with E-state index in [1.807, 2.05) is 13.8 Å². The Morgan fingerprint density at radius 2 is 1.88 bits per heavy atom. The fraction of sp³-hybridized carbons (Fsp3) is 0.900. The van der Waals surface area contributed by atoms with Crippen LogP contribution >= 0.6 is 0 Å². The second-order valence-corrected chi connectivity index (χ2v) is 6.58. The van der Waals surface area contributed by atoms with Crippen LogP contribution in [-0.4, -0.2) is 44.5 Å². The van der Waals surface area contributed by atoms with E-state index in [1.165, 1.54) is 14.0 Å². The Hall–Kier alpha value is -0.660. The lowest BCUT2D eigenvalue weighted by Gasteiger charge is -2.19. The number of methoxy groups -OCH3 is 1. The standard InChI is InChI=1S/C10H21NO5S/c1-7(2)5-9(10(12)13)11-17(14,15)8(3)6-16-4/h7-9,11H,5-6H2,1-4H3,(H,12,13)/t8?,9-/m0/s1. The van der Waals surface area contributed by atoms with Crippen LogP contribution in [0.3, 0.4) is 0 Å². The van der Waals surface area contributed by atoms with E-state index in [4.69, 9.17) is 9.84 Å². The molecule has 0 amide bonds. The lowest BCUT2D eigenvalue weighted by atomic mass is 10.1. The Morgan fingerprint density at radius 1 is 1.35 bits per heavy atom. The van der Waals surface area contributed by atoms with Gasteiger partial charge in [-0.15, -0.1) is 0 Å². The molecule has 0 aromatic heterocycles. The number of carboxylic acids is 1. The lowest BCUT2D eigenvalue weighted by Crippen LogP contribution is -2.46. The SMILES string of the molecule is COCC(C)S(=O)(=O)N[C@@H](CC(C)C)C(=O)O. The molecule has 0 aromatic rings. The Labute approximate surface area is 102 Å². The average molecular weight is 267 g/mol. The summed E-state index contributed by atoms with van der Waals surface area (Å²) in [6, 6.07) is -1.08. The van der Waals surface area contributed by atoms with Crippen LogP contribution < -0.4 is 4.72 Å². The van der Waals surface area contributed by atoms with Gasteiger partial charge in [-0.25, -0.2) is 13.1 Å². The van der Waals surface area contributed by atoms with Crippen molar-refractivity contribution in [2.24, 2.45) is 5.92 Å². The monoisotopic (exact) mass is 267 g/mol. The summed E-state index contributed by atoms with van der Waals surface area (Å²) >= 11 is 0. The minimum Gasteiger partial charge on any atom is -0.480 e. The number of hydrogen-bond donors (Lipinski definition) is 2. The van der Waals surface area contributed by atoms with Gasteiger partial charge in [-0.1, -0.05) is 13.8 Å². The highest BCUT2D eigenvalue weighted by atomic mass is 32.2. The van der Waals surface area contributed by atoms with Gasteiger partial charge >= 0.3 is 5.97 Å². The van der Waals surface area contributed by atoms with Crippen LogP contribution in [-0.2, 0) is 19.6 Å². The van der Waals surface area contributed by atoms with E-state index < -0.39 is 27.3 Å². The zero-order valence-corrected chi connectivity index (χ0v) is 11.5. The highest BCUT2D eigenvalue weighted by Crippen LogP contribution is 2.08. The Morgan fingerprint density at radius 3 is 2.24 bits per heavy atom. The van der Waals surface area contributed by atoms with Crippen LogP contribution in [0.5, 0.6) is 0 Å². The van der Waals surface area contributed by atoms with Gasteiger partial charge in [0.1, 0.15) is 6.04 Å². The number of carbonyl (C=O) groups is 1. The summed E-state index contributed by atoms with van der Waals surface area (Å²) in [6.45, 7) is 5.18. The molecule has 7 heteroatoms. The number of carboxylic acid groups (broad SMARTS) is 1. The van der Waals surface area contributed by atoms with Crippen LogP contribution in [0.25, 0.3) is 0 Å². The molecule has 0 aliphatic carbocycles. The van der Waals surface area contributed by atoms with Crippen molar-refractivity contribution in [3.8, 4) is 0 Å². The van der Waals surface area contributed by atoms with Gasteiger partial charge < -0.3 is 9.84 Å². The Bertz CT molecular complexity index is 339. The first-order valence-corrected chi connectivity index (χ1v) is 6.98. The average Bonchev–Trinajstić information content (AvgIpc) is 2.15. The molecule has 0 spiro atoms. The molecule has 2 atom stereocenters. The molecular formula is C10H21NO5S. The number of sulfonamides is 1. The van der Waals surface area contributed by atoms with Crippen LogP contribution in [0.1, 0.15) is 27.2 Å². The van der Waals surface area contributed by atoms with Crippen molar-refractivity contribution in [3.63, 3.8) is 0 Å². The van der Waals surface area contributed by atoms with Crippen molar-refractivity contribution < 1.29 is 23.1 Å². The molecule has 0 bridgehead atoms. The Balaban J connectivity index is 4.69. The molecule has 0 rings (SSSR count). The van der Waals surface area contributed by atoms with Gasteiger partial charge in [0.05, 0.1) is 11.9 Å². The minimum absolute atomic E-state index is 0.0311. The molecule has 0 aliphatic heterocycles. The molecule has 0 aromatic carbocycles. The molecule has 0 saturated heterocycles. The summed E-state index contributed by atoms with van der Waals surface area (Å²) < 4.78 is 30.5. The van der Waals surface area contributed by atoms with E-state index in [-0.39, 0.29) is 18.9 Å². The van der Waals surface area contributed by atoms with Crippen LogP contribution in [0, 0.1) is 5.92 Å². The maximum absolute atomic E-state index is 11.8. The molecule has 2 N–H and O–H groups in total. The van der Waals surface area contributed by atoms with Gasteiger partial charge in [-0.2, -0.15) is 0 Å². The molecule has 0 heterocycles. The maximum Gasteiger partial charge on any atom is 0.321 e. The summed E-state index contributed by atoms with van der Waals surface area (Å²) in [6.07, 6.45) is 0.258. The van der Waals surface area contributed by atoms with Gasteiger partial charge in [0, 0.05) is 7.11 Å². The number of aliphatic carboxylic acids is 1. The summed E-state index contributed by atoms with van der Waals surface area (Å²) in [5, 5.41) is 8.16. The number of ether oxygens (including phenoxy) is 1. The van der Waals surface area contributed by atoms with Crippen molar-refractivity contribution in [3.05, 3.63) is 0 Å². The van der Waals surface area contributed by atoms with Crippen molar-refractivity contribution in [1.82, 2.24) is 4.72 Å². The molecule has 0 aliphatic rings. The van der Waals surface area contributed by atoms with Gasteiger partial charge in [0.15, 0.2) is 0 Å². The summed E-state index contributed by atoms with van der Waals surface area (Å²) in [4.78, 5) is 10.9. The fourth-order valence-electron chi connectivity index (χ4n) is 1.31. The van der Waals surface area contributed by atoms with Crippen molar-refractivity contribution in [2.45, 2.75) is 38.5 Å². The van der Waals surface area contributed by atoms with E-state index in [2.05, 4.69) is 4.72 Å². The van der Waals surface area contributed by atoms with Gasteiger partial charge in [0.25, 0.3) is 0 Å². The predicted octanol–water partition coefficient (Wildman–Crippen LogP) is 0.440. The first-order chi connectivity index (χ1) is 7.70. The minimum atomic E-state index is -3.67. The van der Waals surface area contributed by atoms with E-state index in [0.717, 1.165) is 0 Å². The van der Waals surface area contributed by atoms with E-state index in [0.29, 0.717) is 0 Å². The van der Waals surface area contributed by atoms with Crippen LogP contribution in [0.4, 0.5) is 0 Å². The van der Waals surface area contributed by atoms with Crippen molar-refractivity contribution in [2.75, 3.05) is 13.7 Å². The summed E-state index contributed by atoms with van der Waals surface area (Å²) in [5.74, 6) is -1.07. The van der Waals surface area contributed by atoms with Gasteiger partial charge in [-0.05, 0) is 19.3 Å². The van der Waals surface area contributed by atoms with Gasteiger partial charge in [-0.3, -0.25) is 4.79 Å². The molecule has 0 saturated carbocycles. The molecule has 102 valence electrons. The topological polar surface area (TPSA) is 92.7 Å². The summed E-state index contributed by atoms with van der Waals surface area (Å²) in [5.41, 5.74) is 0. The number of rotatable bonds is 8. The number of hydrogen-bond acceptors (Lipinski definition) is 4. The van der Waals surface area contributed by atoms with E-state index >= 15 is 0 Å². The van der Waals surface area contributed by atoms with Crippen molar-refractivity contribution in [1.29, 1.82) is 0 Å². The van der Waals surface area contributed by atoms with Crippen LogP contribution in [0.2, 0.25) is 0 Å². The molecule has 1 unspecified atom stereocenters. The molecule has 6 nitrogen and oxygen atoms in total. The first kappa shape index (κ1) is 16.3. The van der Waals surface area contributed by atoms with Gasteiger partial charge in [0.2, 0.25) is 10.0 Å². The third kappa shape index (κ3) is 5.99. The molecular weight excluding hydrogens is 246 g/mol. The molecule has 0 fully saturated rings.